The van der Waals surface area contributed by atoms with Gasteiger partial charge in [0, 0.05) is 6.07 Å². The van der Waals surface area contributed by atoms with Gasteiger partial charge in [-0.1, -0.05) is 27.2 Å². The molecule has 0 radical (unpaired) electrons. The normalized spacial score (nSPS) is 24.5. The van der Waals surface area contributed by atoms with Crippen LogP contribution < -0.4 is 4.74 Å². The summed E-state index contributed by atoms with van der Waals surface area (Å²) in [5.74, 6) is -19.4. The predicted octanol–water partition coefficient (Wildman–Crippen LogP) is 5.89. The summed E-state index contributed by atoms with van der Waals surface area (Å²) >= 11 is 0. The van der Waals surface area contributed by atoms with E-state index in [9.17, 15) is 50.2 Å². The van der Waals surface area contributed by atoms with Crippen molar-refractivity contribution in [1.82, 2.24) is 9.80 Å². The second-order valence-electron chi connectivity index (χ2n) is 11.8. The third kappa shape index (κ3) is 4.83. The largest absolute Gasteiger partial charge is 0.465 e. The van der Waals surface area contributed by atoms with E-state index >= 15 is 0 Å². The van der Waals surface area contributed by atoms with E-state index in [-0.39, 0.29) is 12.0 Å². The number of piperazine rings is 1. The molecule has 1 saturated heterocycles. The summed E-state index contributed by atoms with van der Waals surface area (Å²) in [5.41, 5.74) is -4.62. The van der Waals surface area contributed by atoms with E-state index in [0.717, 1.165) is 21.9 Å². The lowest BCUT2D eigenvalue weighted by Gasteiger charge is -2.58. The maximum atomic E-state index is 14.5. The van der Waals surface area contributed by atoms with Crippen LogP contribution in [0.5, 0.6) is 5.75 Å². The maximum Gasteiger partial charge on any atom is 0.408 e. The molecule has 2 aliphatic rings. The molecular formula is C28H27F7N2O5. The first-order valence-electron chi connectivity index (χ1n) is 12.9. The first kappa shape index (κ1) is 31.1. The number of rotatable bonds is 4. The lowest BCUT2D eigenvalue weighted by atomic mass is 9.67. The average Bonchev–Trinajstić information content (AvgIpc) is 3.35. The molecule has 1 aliphatic heterocycles. The summed E-state index contributed by atoms with van der Waals surface area (Å²) in [6, 6.07) is 2.18. The topological polar surface area (TPSA) is 87.2 Å². The summed E-state index contributed by atoms with van der Waals surface area (Å²) in [4.78, 5) is 41.8. The summed E-state index contributed by atoms with van der Waals surface area (Å²) in [6.45, 7) is 4.81. The molecule has 1 aliphatic carbocycles. The van der Waals surface area contributed by atoms with Crippen LogP contribution in [0.3, 0.4) is 0 Å². The van der Waals surface area contributed by atoms with Gasteiger partial charge in [0.25, 0.3) is 0 Å². The van der Waals surface area contributed by atoms with Gasteiger partial charge in [0.1, 0.15) is 23.7 Å². The second-order valence-corrected chi connectivity index (χ2v) is 11.8. The lowest BCUT2D eigenvalue weighted by Crippen LogP contribution is -2.75. The molecule has 1 N–H and O–H groups in total. The molecule has 4 rings (SSSR count). The van der Waals surface area contributed by atoms with Gasteiger partial charge in [-0.15, -0.1) is 0 Å². The Balaban J connectivity index is 1.86. The van der Waals surface area contributed by atoms with Crippen LogP contribution >= 0.6 is 0 Å². The van der Waals surface area contributed by atoms with Gasteiger partial charge in [0.2, 0.25) is 40.7 Å². The summed E-state index contributed by atoms with van der Waals surface area (Å²) in [5, 5.41) is 10.3. The van der Waals surface area contributed by atoms with Crippen molar-refractivity contribution < 1.29 is 55.0 Å². The summed E-state index contributed by atoms with van der Waals surface area (Å²) in [6.07, 6.45) is -0.665. The summed E-state index contributed by atoms with van der Waals surface area (Å²) < 4.78 is 103. The van der Waals surface area contributed by atoms with Crippen molar-refractivity contribution in [1.29, 1.82) is 0 Å². The first-order chi connectivity index (χ1) is 19.4. The number of halogens is 7. The molecule has 2 amide bonds. The van der Waals surface area contributed by atoms with E-state index in [1.165, 1.54) is 6.92 Å². The Morgan fingerprint density at radius 2 is 1.48 bits per heavy atom. The molecule has 2 aromatic carbocycles. The number of ether oxygens (including phenoxy) is 1. The highest BCUT2D eigenvalue weighted by molar-refractivity contribution is 5.95. The standard InChI is InChI=1S/C28H27F7N2O5/c1-26(2,3)16-6-5-7-28(16)24(39)36(11-17(38)42-23-21(34)19(32)18(31)20(33)22(23)35)27(4,12-37(28)25(40)41)13-8-14(29)10-15(30)9-13/h8-10,16H,5-7,11-12H2,1-4H3,(H,40,41)/t16?,27-,28?/m0/s1. The molecular weight excluding hydrogens is 577 g/mol. The Kier molecular flexibility index (Phi) is 7.75. The smallest absolute Gasteiger partial charge is 0.408 e. The third-order valence-electron chi connectivity index (χ3n) is 8.22. The van der Waals surface area contributed by atoms with E-state index in [0.29, 0.717) is 18.9 Å². The Morgan fingerprint density at radius 3 is 1.98 bits per heavy atom. The molecule has 3 atom stereocenters. The van der Waals surface area contributed by atoms with Gasteiger partial charge >= 0.3 is 12.1 Å². The Labute approximate surface area is 235 Å². The van der Waals surface area contributed by atoms with Crippen LogP contribution in [0.2, 0.25) is 0 Å². The Bertz CT molecular complexity index is 1430. The summed E-state index contributed by atoms with van der Waals surface area (Å²) in [7, 11) is 0. The Morgan fingerprint density at radius 1 is 0.952 bits per heavy atom. The maximum absolute atomic E-state index is 14.5. The Hall–Kier alpha value is -3.84. The monoisotopic (exact) mass is 604 g/mol. The van der Waals surface area contributed by atoms with Crippen LogP contribution in [-0.4, -0.2) is 51.5 Å². The highest BCUT2D eigenvalue weighted by Gasteiger charge is 2.65. The number of carbonyl (C=O) groups excluding carboxylic acids is 2. The second kappa shape index (κ2) is 10.5. The van der Waals surface area contributed by atoms with Crippen molar-refractivity contribution in [2.24, 2.45) is 11.3 Å². The van der Waals surface area contributed by atoms with Gasteiger partial charge in [-0.2, -0.15) is 8.78 Å². The number of hydrogen-bond acceptors (Lipinski definition) is 4. The molecule has 42 heavy (non-hydrogen) atoms. The SMILES string of the molecule is CC(C)(C)C1CCCC12C(=O)N(CC(=O)Oc1c(F)c(F)c(F)c(F)c1F)[C@](C)(c1cc(F)cc(F)c1)CN2C(=O)O. The van der Waals surface area contributed by atoms with Crippen LogP contribution in [0.25, 0.3) is 0 Å². The number of esters is 1. The van der Waals surface area contributed by atoms with E-state index < -0.39 is 99.9 Å². The molecule has 228 valence electrons. The first-order valence-corrected chi connectivity index (χ1v) is 12.9. The van der Waals surface area contributed by atoms with Gasteiger partial charge in [-0.25, -0.2) is 31.5 Å². The minimum absolute atomic E-state index is 0.0247. The number of carbonyl (C=O) groups is 3. The molecule has 2 aromatic rings. The van der Waals surface area contributed by atoms with Gasteiger partial charge in [-0.05, 0) is 48.8 Å². The lowest BCUT2D eigenvalue weighted by molar-refractivity contribution is -0.173. The molecule has 14 heteroatoms. The van der Waals surface area contributed by atoms with Gasteiger partial charge in [-0.3, -0.25) is 9.69 Å². The number of carboxylic acid groups (broad SMARTS) is 1. The fourth-order valence-electron chi connectivity index (χ4n) is 6.37. The zero-order chi connectivity index (χ0) is 31.5. The highest BCUT2D eigenvalue weighted by atomic mass is 19.2. The van der Waals surface area contributed by atoms with Crippen molar-refractivity contribution in [2.75, 3.05) is 13.1 Å². The van der Waals surface area contributed by atoms with Crippen molar-refractivity contribution in [3.05, 3.63) is 64.5 Å². The van der Waals surface area contributed by atoms with Gasteiger partial charge in [0.15, 0.2) is 0 Å². The molecule has 1 saturated carbocycles. The average molecular weight is 605 g/mol. The van der Waals surface area contributed by atoms with Crippen molar-refractivity contribution >= 4 is 18.0 Å². The molecule has 1 heterocycles. The van der Waals surface area contributed by atoms with E-state index in [1.807, 2.05) is 0 Å². The van der Waals surface area contributed by atoms with E-state index in [1.54, 1.807) is 20.8 Å². The molecule has 1 spiro atoms. The molecule has 0 aromatic heterocycles. The fraction of sp³-hybridized carbons (Fsp3) is 0.464. The molecule has 2 fully saturated rings. The van der Waals surface area contributed by atoms with Crippen LogP contribution in [0.4, 0.5) is 35.5 Å². The quantitative estimate of drug-likeness (QED) is 0.155. The minimum Gasteiger partial charge on any atom is -0.465 e. The van der Waals surface area contributed by atoms with Crippen molar-refractivity contribution in [2.45, 2.75) is 58.0 Å². The zero-order valence-electron chi connectivity index (χ0n) is 23.0. The number of nitrogens with zero attached hydrogens (tertiary/aromatic N) is 2. The van der Waals surface area contributed by atoms with Crippen LogP contribution in [0.1, 0.15) is 52.5 Å². The van der Waals surface area contributed by atoms with Crippen molar-refractivity contribution in [3.63, 3.8) is 0 Å². The van der Waals surface area contributed by atoms with Crippen molar-refractivity contribution in [3.8, 4) is 5.75 Å². The van der Waals surface area contributed by atoms with E-state index in [2.05, 4.69) is 4.74 Å². The van der Waals surface area contributed by atoms with E-state index in [4.69, 9.17) is 0 Å². The van der Waals surface area contributed by atoms with Crippen LogP contribution in [0.15, 0.2) is 18.2 Å². The predicted molar refractivity (Wildman–Crippen MR) is 132 cm³/mol. The third-order valence-corrected chi connectivity index (χ3v) is 8.22. The fourth-order valence-corrected chi connectivity index (χ4v) is 6.37. The molecule has 7 nitrogen and oxygen atoms in total. The highest BCUT2D eigenvalue weighted by Crippen LogP contribution is 2.54. The van der Waals surface area contributed by atoms with Crippen LogP contribution in [-0.2, 0) is 15.1 Å². The van der Waals surface area contributed by atoms with Gasteiger partial charge in [0.05, 0.1) is 12.1 Å². The minimum atomic E-state index is -2.48. The van der Waals surface area contributed by atoms with Gasteiger partial charge < -0.3 is 14.7 Å². The molecule has 2 unspecified atom stereocenters. The molecule has 0 bridgehead atoms. The number of amides is 2. The number of hydrogen-bond donors (Lipinski definition) is 1. The number of benzene rings is 2. The zero-order valence-corrected chi connectivity index (χ0v) is 23.0. The van der Waals surface area contributed by atoms with Crippen LogP contribution in [0, 0.1) is 52.1 Å².